The number of aromatic nitrogens is 3. The van der Waals surface area contributed by atoms with Crippen LogP contribution in [0.1, 0.15) is 12.0 Å². The van der Waals surface area contributed by atoms with Gasteiger partial charge in [0, 0.05) is 25.5 Å². The molecule has 88 valence electrons. The summed E-state index contributed by atoms with van der Waals surface area (Å²) in [6, 6.07) is 4.17. The van der Waals surface area contributed by atoms with Crippen LogP contribution in [0.3, 0.4) is 0 Å². The van der Waals surface area contributed by atoms with Crippen molar-refractivity contribution < 1.29 is 0 Å². The van der Waals surface area contributed by atoms with Crippen molar-refractivity contribution in [3.63, 3.8) is 0 Å². The zero-order valence-electron chi connectivity index (χ0n) is 9.58. The molecule has 17 heavy (non-hydrogen) atoms. The molecule has 0 bridgehead atoms. The third-order valence-corrected chi connectivity index (χ3v) is 2.99. The number of hydrogen-bond acceptors (Lipinski definition) is 4. The second kappa shape index (κ2) is 4.08. The largest absolute Gasteiger partial charge is 0.396 e. The second-order valence-corrected chi connectivity index (χ2v) is 4.34. The smallest absolute Gasteiger partial charge is 0.128 e. The molecule has 0 aromatic carbocycles. The van der Waals surface area contributed by atoms with Crippen molar-refractivity contribution >= 4 is 11.5 Å². The number of nitrogen functional groups attached to an aromatic ring is 1. The highest BCUT2D eigenvalue weighted by atomic mass is 15.3. The van der Waals surface area contributed by atoms with Gasteiger partial charge in [0.1, 0.15) is 5.82 Å². The predicted octanol–water partition coefficient (Wildman–Crippen LogP) is 1.12. The average Bonchev–Trinajstić information content (AvgIpc) is 2.64. The lowest BCUT2D eigenvalue weighted by atomic mass is 10.2. The molecule has 5 heteroatoms. The Morgan fingerprint density at radius 1 is 1.24 bits per heavy atom. The third-order valence-electron chi connectivity index (χ3n) is 2.99. The number of anilines is 2. The maximum absolute atomic E-state index is 5.62. The Kier molecular flexibility index (Phi) is 2.44. The summed E-state index contributed by atoms with van der Waals surface area (Å²) in [6.45, 7) is 2.97. The molecule has 0 saturated carbocycles. The van der Waals surface area contributed by atoms with Crippen LogP contribution in [0.5, 0.6) is 0 Å². The van der Waals surface area contributed by atoms with Gasteiger partial charge in [-0.25, -0.2) is 4.98 Å². The molecule has 3 heterocycles. The van der Waals surface area contributed by atoms with Crippen LogP contribution in [0.2, 0.25) is 0 Å². The number of hydrogen-bond donors (Lipinski definition) is 1. The van der Waals surface area contributed by atoms with Crippen LogP contribution in [-0.2, 0) is 6.54 Å². The van der Waals surface area contributed by atoms with E-state index in [1.54, 1.807) is 6.20 Å². The summed E-state index contributed by atoms with van der Waals surface area (Å²) >= 11 is 0. The van der Waals surface area contributed by atoms with E-state index in [4.69, 9.17) is 5.73 Å². The topological polar surface area (TPSA) is 60.0 Å². The van der Waals surface area contributed by atoms with Gasteiger partial charge in [-0.05, 0) is 18.1 Å². The van der Waals surface area contributed by atoms with Gasteiger partial charge in [0.2, 0.25) is 0 Å². The van der Waals surface area contributed by atoms with E-state index >= 15 is 0 Å². The van der Waals surface area contributed by atoms with Crippen molar-refractivity contribution in [1.29, 1.82) is 0 Å². The van der Waals surface area contributed by atoms with Crippen LogP contribution in [-0.4, -0.2) is 27.9 Å². The highest BCUT2D eigenvalue weighted by Gasteiger charge is 2.14. The van der Waals surface area contributed by atoms with E-state index in [0.717, 1.165) is 24.5 Å². The van der Waals surface area contributed by atoms with Gasteiger partial charge in [-0.1, -0.05) is 6.07 Å². The molecule has 0 unspecified atom stereocenters. The lowest BCUT2D eigenvalue weighted by Crippen LogP contribution is -2.37. The molecular weight excluding hydrogens is 214 g/mol. The minimum Gasteiger partial charge on any atom is -0.396 e. The number of nitrogens with two attached hydrogens (primary N) is 1. The van der Waals surface area contributed by atoms with Crippen molar-refractivity contribution in [2.45, 2.75) is 13.0 Å². The van der Waals surface area contributed by atoms with Gasteiger partial charge in [0.25, 0.3) is 0 Å². The van der Waals surface area contributed by atoms with Crippen LogP contribution in [0.4, 0.5) is 11.5 Å². The van der Waals surface area contributed by atoms with Gasteiger partial charge in [0.05, 0.1) is 18.4 Å². The Labute approximate surface area is 99.9 Å². The molecule has 2 aromatic rings. The van der Waals surface area contributed by atoms with E-state index in [-0.39, 0.29) is 0 Å². The number of pyridine rings is 1. The lowest BCUT2D eigenvalue weighted by molar-refractivity contribution is 0.608. The average molecular weight is 229 g/mol. The van der Waals surface area contributed by atoms with Gasteiger partial charge in [-0.15, -0.1) is 0 Å². The fourth-order valence-electron chi connectivity index (χ4n) is 1.90. The number of nitrogens with zero attached hydrogens (tertiary/aromatic N) is 4. The number of rotatable bonds is 3. The molecule has 0 aliphatic carbocycles. The summed E-state index contributed by atoms with van der Waals surface area (Å²) < 4.78 is 1.82. The zero-order chi connectivity index (χ0) is 11.7. The van der Waals surface area contributed by atoms with E-state index in [0.29, 0.717) is 12.2 Å². The molecule has 1 fully saturated rings. The summed E-state index contributed by atoms with van der Waals surface area (Å²) in [4.78, 5) is 6.73. The van der Waals surface area contributed by atoms with Gasteiger partial charge in [-0.2, -0.15) is 5.10 Å². The second-order valence-electron chi connectivity index (χ2n) is 4.34. The first-order valence-electron chi connectivity index (χ1n) is 5.79. The van der Waals surface area contributed by atoms with Crippen LogP contribution in [0.15, 0.2) is 30.7 Å². The van der Waals surface area contributed by atoms with Crippen molar-refractivity contribution in [1.82, 2.24) is 14.8 Å². The van der Waals surface area contributed by atoms with Crippen LogP contribution in [0, 0.1) is 0 Å². The molecule has 1 saturated heterocycles. The molecule has 0 radical (unpaired) electrons. The molecule has 2 N–H and O–H groups in total. The summed E-state index contributed by atoms with van der Waals surface area (Å²) in [5.41, 5.74) is 7.44. The molecule has 1 aliphatic heterocycles. The fourth-order valence-corrected chi connectivity index (χ4v) is 1.90. The summed E-state index contributed by atoms with van der Waals surface area (Å²) in [6.07, 6.45) is 6.66. The first kappa shape index (κ1) is 10.1. The SMILES string of the molecule is Nc1cnn(Cc2ccc(N3CCC3)nc2)c1. The standard InChI is InChI=1S/C12H15N5/c13-11-7-15-17(9-11)8-10-2-3-12(14-6-10)16-4-1-5-16/h2-3,6-7,9H,1,4-5,8,13H2. The van der Waals surface area contributed by atoms with E-state index < -0.39 is 0 Å². The van der Waals surface area contributed by atoms with Crippen molar-refractivity contribution in [2.24, 2.45) is 0 Å². The van der Waals surface area contributed by atoms with E-state index in [2.05, 4.69) is 27.1 Å². The quantitative estimate of drug-likeness (QED) is 0.856. The first-order valence-corrected chi connectivity index (χ1v) is 5.79. The third kappa shape index (κ3) is 2.08. The van der Waals surface area contributed by atoms with Crippen LogP contribution < -0.4 is 10.6 Å². The van der Waals surface area contributed by atoms with Crippen molar-refractivity contribution in [3.05, 3.63) is 36.3 Å². The van der Waals surface area contributed by atoms with Gasteiger partial charge in [0.15, 0.2) is 0 Å². The molecule has 2 aromatic heterocycles. The maximum Gasteiger partial charge on any atom is 0.128 e. The minimum absolute atomic E-state index is 0.690. The highest BCUT2D eigenvalue weighted by molar-refractivity contribution is 5.41. The Bertz CT molecular complexity index is 498. The van der Waals surface area contributed by atoms with Crippen LogP contribution in [0.25, 0.3) is 0 Å². The van der Waals surface area contributed by atoms with E-state index in [9.17, 15) is 0 Å². The lowest BCUT2D eigenvalue weighted by Gasteiger charge is -2.31. The van der Waals surface area contributed by atoms with E-state index in [1.165, 1.54) is 6.42 Å². The Morgan fingerprint density at radius 3 is 2.65 bits per heavy atom. The van der Waals surface area contributed by atoms with Gasteiger partial charge >= 0.3 is 0 Å². The minimum atomic E-state index is 0.690. The summed E-state index contributed by atoms with van der Waals surface area (Å²) in [5, 5.41) is 4.15. The molecule has 1 aliphatic rings. The predicted molar refractivity (Wildman–Crippen MR) is 66.8 cm³/mol. The van der Waals surface area contributed by atoms with Crippen LogP contribution >= 0.6 is 0 Å². The molecule has 0 atom stereocenters. The Morgan fingerprint density at radius 2 is 2.12 bits per heavy atom. The maximum atomic E-state index is 5.62. The molecular formula is C12H15N5. The normalized spacial score (nSPS) is 14.7. The Balaban J connectivity index is 1.71. The van der Waals surface area contributed by atoms with Crippen molar-refractivity contribution in [2.75, 3.05) is 23.7 Å². The summed E-state index contributed by atoms with van der Waals surface area (Å²) in [7, 11) is 0. The molecule has 3 rings (SSSR count). The Hall–Kier alpha value is -2.04. The van der Waals surface area contributed by atoms with E-state index in [1.807, 2.05) is 17.1 Å². The van der Waals surface area contributed by atoms with Gasteiger partial charge < -0.3 is 10.6 Å². The molecule has 5 nitrogen and oxygen atoms in total. The monoisotopic (exact) mass is 229 g/mol. The molecule has 0 spiro atoms. The summed E-state index contributed by atoms with van der Waals surface area (Å²) in [5.74, 6) is 1.07. The zero-order valence-corrected chi connectivity index (χ0v) is 9.58. The first-order chi connectivity index (χ1) is 8.31. The highest BCUT2D eigenvalue weighted by Crippen LogP contribution is 2.17. The molecule has 0 amide bonds. The van der Waals surface area contributed by atoms with Crippen molar-refractivity contribution in [3.8, 4) is 0 Å². The fraction of sp³-hybridized carbons (Fsp3) is 0.333. The van der Waals surface area contributed by atoms with Gasteiger partial charge in [-0.3, -0.25) is 4.68 Å².